The van der Waals surface area contributed by atoms with Crippen LogP contribution < -0.4 is 4.74 Å². The minimum absolute atomic E-state index is 0.250. The lowest BCUT2D eigenvalue weighted by Crippen LogP contribution is -2.62. The van der Waals surface area contributed by atoms with Crippen LogP contribution >= 0.6 is 0 Å². The van der Waals surface area contributed by atoms with Crippen LogP contribution in [0.1, 0.15) is 31.4 Å². The Hall–Kier alpha value is -1.91. The molecule has 2 aromatic rings. The van der Waals surface area contributed by atoms with Crippen LogP contribution in [0.3, 0.4) is 0 Å². The van der Waals surface area contributed by atoms with E-state index in [1.165, 1.54) is 6.42 Å². The molecule has 3 saturated heterocycles. The number of aromatic nitrogens is 1. The van der Waals surface area contributed by atoms with Gasteiger partial charge in [0.1, 0.15) is 5.75 Å². The number of benzene rings is 1. The summed E-state index contributed by atoms with van der Waals surface area (Å²) in [4.78, 5) is 6.90. The molecule has 5 rings (SSSR count). The van der Waals surface area contributed by atoms with E-state index < -0.39 is 6.10 Å². The molecule has 0 radical (unpaired) electrons. The van der Waals surface area contributed by atoms with E-state index in [2.05, 4.69) is 29.5 Å². The van der Waals surface area contributed by atoms with Crippen LogP contribution in [0.15, 0.2) is 43.1 Å². The van der Waals surface area contributed by atoms with Crippen LogP contribution in [0, 0.1) is 11.8 Å². The fourth-order valence-electron chi connectivity index (χ4n) is 4.81. The van der Waals surface area contributed by atoms with Crippen molar-refractivity contribution in [3.05, 3.63) is 48.7 Å². The average Bonchev–Trinajstić information content (AvgIpc) is 2.66. The van der Waals surface area contributed by atoms with Gasteiger partial charge in [-0.2, -0.15) is 0 Å². The summed E-state index contributed by atoms with van der Waals surface area (Å²) in [6.45, 7) is 8.25. The molecule has 4 heterocycles. The summed E-state index contributed by atoms with van der Waals surface area (Å²) in [6, 6.07) is 7.79. The van der Waals surface area contributed by atoms with Gasteiger partial charge in [-0.1, -0.05) is 6.08 Å². The Labute approximate surface area is 149 Å². The standard InChI is InChI=1S/C21H26N2O2/c1-4-14-13-23-10-8-15(14)12-21(23,2)20(24)17-7-9-22-19-6-5-16(25-3)11-18(17)19/h4-7,9,11,14-15,20,24H,1,8,10,12-13H2,2-3H3/t14-,15-,20+,21-/m0/s1. The molecule has 0 saturated carbocycles. The van der Waals surface area contributed by atoms with Crippen molar-refractivity contribution in [2.24, 2.45) is 11.8 Å². The van der Waals surface area contributed by atoms with E-state index in [1.54, 1.807) is 13.3 Å². The van der Waals surface area contributed by atoms with Crippen LogP contribution in [0.5, 0.6) is 5.75 Å². The van der Waals surface area contributed by atoms with Crippen LogP contribution in [0.4, 0.5) is 0 Å². The highest BCUT2D eigenvalue weighted by Gasteiger charge is 2.50. The number of aliphatic hydroxyl groups excluding tert-OH is 1. The maximum Gasteiger partial charge on any atom is 0.119 e. The van der Waals surface area contributed by atoms with Crippen molar-refractivity contribution < 1.29 is 9.84 Å². The summed E-state index contributed by atoms with van der Waals surface area (Å²) in [6.07, 6.45) is 5.52. The third-order valence-electron chi connectivity index (χ3n) is 6.37. The van der Waals surface area contributed by atoms with Gasteiger partial charge in [0.25, 0.3) is 0 Å². The number of hydrogen-bond donors (Lipinski definition) is 1. The highest BCUT2D eigenvalue weighted by atomic mass is 16.5. The Morgan fingerprint density at radius 3 is 2.96 bits per heavy atom. The maximum atomic E-state index is 11.4. The fourth-order valence-corrected chi connectivity index (χ4v) is 4.81. The topological polar surface area (TPSA) is 45.6 Å². The molecule has 1 aromatic carbocycles. The van der Waals surface area contributed by atoms with Crippen LogP contribution in [0.25, 0.3) is 10.9 Å². The molecule has 5 atom stereocenters. The zero-order valence-corrected chi connectivity index (χ0v) is 15.0. The average molecular weight is 338 g/mol. The quantitative estimate of drug-likeness (QED) is 0.866. The Morgan fingerprint density at radius 1 is 1.44 bits per heavy atom. The molecule has 3 fully saturated rings. The number of nitrogens with zero attached hydrogens (tertiary/aromatic N) is 2. The van der Waals surface area contributed by atoms with Gasteiger partial charge in [0.05, 0.1) is 18.7 Å². The minimum atomic E-state index is -0.557. The molecular weight excluding hydrogens is 312 g/mol. The molecule has 2 bridgehead atoms. The van der Waals surface area contributed by atoms with Gasteiger partial charge in [-0.3, -0.25) is 9.88 Å². The Balaban J connectivity index is 1.75. The number of pyridine rings is 1. The molecular formula is C21H26N2O2. The number of hydrogen-bond acceptors (Lipinski definition) is 4. The lowest BCUT2D eigenvalue weighted by atomic mass is 9.67. The number of ether oxygens (including phenoxy) is 1. The Morgan fingerprint density at radius 2 is 2.28 bits per heavy atom. The molecule has 0 unspecified atom stereocenters. The molecule has 3 aliphatic heterocycles. The van der Waals surface area contributed by atoms with Crippen LogP contribution in [-0.2, 0) is 0 Å². The van der Waals surface area contributed by atoms with Gasteiger partial charge in [-0.05, 0) is 68.0 Å². The third kappa shape index (κ3) is 2.55. The normalized spacial score (nSPS) is 32.5. The number of piperidine rings is 3. The Kier molecular flexibility index (Phi) is 4.05. The van der Waals surface area contributed by atoms with Crippen LogP contribution in [-0.4, -0.2) is 40.7 Å². The molecule has 1 aromatic heterocycles. The lowest BCUT2D eigenvalue weighted by Gasteiger charge is -2.57. The maximum absolute atomic E-state index is 11.4. The van der Waals surface area contributed by atoms with Gasteiger partial charge in [-0.25, -0.2) is 0 Å². The molecule has 25 heavy (non-hydrogen) atoms. The second-order valence-corrected chi connectivity index (χ2v) is 7.64. The molecule has 3 aliphatic rings. The van der Waals surface area contributed by atoms with Crippen molar-refractivity contribution in [2.45, 2.75) is 31.4 Å². The highest BCUT2D eigenvalue weighted by molar-refractivity contribution is 5.84. The zero-order valence-electron chi connectivity index (χ0n) is 15.0. The number of methoxy groups -OCH3 is 1. The zero-order chi connectivity index (χ0) is 17.6. The van der Waals surface area contributed by atoms with Gasteiger partial charge in [0.15, 0.2) is 0 Å². The van der Waals surface area contributed by atoms with E-state index in [1.807, 2.05) is 24.3 Å². The van der Waals surface area contributed by atoms with E-state index in [9.17, 15) is 5.11 Å². The summed E-state index contributed by atoms with van der Waals surface area (Å²) < 4.78 is 5.37. The number of rotatable bonds is 4. The fraction of sp³-hybridized carbons (Fsp3) is 0.476. The Bertz CT molecular complexity index is 806. The first-order valence-electron chi connectivity index (χ1n) is 9.05. The molecule has 4 nitrogen and oxygen atoms in total. The monoisotopic (exact) mass is 338 g/mol. The van der Waals surface area contributed by atoms with E-state index >= 15 is 0 Å². The summed E-state index contributed by atoms with van der Waals surface area (Å²) in [7, 11) is 1.66. The van der Waals surface area contributed by atoms with Gasteiger partial charge in [0.2, 0.25) is 0 Å². The largest absolute Gasteiger partial charge is 0.497 e. The van der Waals surface area contributed by atoms with E-state index in [0.29, 0.717) is 11.8 Å². The number of fused-ring (bicyclic) bond motifs is 4. The predicted octanol–water partition coefficient (Wildman–Crippen LogP) is 3.56. The van der Waals surface area contributed by atoms with E-state index in [4.69, 9.17) is 4.74 Å². The van der Waals surface area contributed by atoms with Crippen LogP contribution in [0.2, 0.25) is 0 Å². The summed E-state index contributed by atoms with van der Waals surface area (Å²) in [5.41, 5.74) is 1.58. The molecule has 132 valence electrons. The molecule has 0 spiro atoms. The minimum Gasteiger partial charge on any atom is -0.497 e. The van der Waals surface area contributed by atoms with Gasteiger partial charge in [-0.15, -0.1) is 6.58 Å². The van der Waals surface area contributed by atoms with E-state index in [-0.39, 0.29) is 5.54 Å². The van der Waals surface area contributed by atoms with E-state index in [0.717, 1.165) is 41.7 Å². The predicted molar refractivity (Wildman–Crippen MR) is 99.6 cm³/mol. The summed E-state index contributed by atoms with van der Waals surface area (Å²) >= 11 is 0. The SMILES string of the molecule is C=C[C@H]1C[N@]2CC[C@H]1C[C@@]2(C)[C@H](O)c1ccnc2ccc(OC)cc12. The van der Waals surface area contributed by atoms with Gasteiger partial charge >= 0.3 is 0 Å². The molecule has 4 heteroatoms. The smallest absolute Gasteiger partial charge is 0.119 e. The van der Waals surface area contributed by atoms with Crippen molar-refractivity contribution >= 4 is 10.9 Å². The van der Waals surface area contributed by atoms with Gasteiger partial charge in [0, 0.05) is 23.7 Å². The third-order valence-corrected chi connectivity index (χ3v) is 6.37. The number of aliphatic hydroxyl groups is 1. The molecule has 1 N–H and O–H groups in total. The van der Waals surface area contributed by atoms with Crippen molar-refractivity contribution in [1.82, 2.24) is 9.88 Å². The lowest BCUT2D eigenvalue weighted by molar-refractivity contribution is -0.107. The van der Waals surface area contributed by atoms with Crippen molar-refractivity contribution in [3.63, 3.8) is 0 Å². The van der Waals surface area contributed by atoms with Crippen molar-refractivity contribution in [1.29, 1.82) is 0 Å². The second kappa shape index (κ2) is 6.11. The second-order valence-electron chi connectivity index (χ2n) is 7.64. The highest BCUT2D eigenvalue weighted by Crippen LogP contribution is 2.48. The van der Waals surface area contributed by atoms with Gasteiger partial charge < -0.3 is 9.84 Å². The summed E-state index contributed by atoms with van der Waals surface area (Å²) in [5.74, 6) is 1.95. The van der Waals surface area contributed by atoms with Crippen molar-refractivity contribution in [3.8, 4) is 5.75 Å². The first-order chi connectivity index (χ1) is 12.1. The molecule has 0 amide bonds. The first kappa shape index (κ1) is 16.6. The molecule has 0 aliphatic carbocycles. The van der Waals surface area contributed by atoms with Crippen molar-refractivity contribution in [2.75, 3.05) is 20.2 Å². The summed E-state index contributed by atoms with van der Waals surface area (Å²) in [5, 5.41) is 12.4. The first-order valence-corrected chi connectivity index (χ1v) is 9.05.